The number of hydrazine groups is 1. The van der Waals surface area contributed by atoms with Gasteiger partial charge in [0.1, 0.15) is 0 Å². The fourth-order valence-electron chi connectivity index (χ4n) is 2.69. The first kappa shape index (κ1) is 16.2. The normalized spacial score (nSPS) is 12.6. The second-order valence-corrected chi connectivity index (χ2v) is 5.95. The van der Waals surface area contributed by atoms with Crippen LogP contribution in [0.25, 0.3) is 0 Å². The number of nitrogens with one attached hydrogen (secondary N) is 1. The zero-order chi connectivity index (χ0) is 15.4. The number of aromatic nitrogens is 2. The lowest BCUT2D eigenvalue weighted by Crippen LogP contribution is -2.31. The zero-order valence-corrected chi connectivity index (χ0v) is 14.4. The van der Waals surface area contributed by atoms with E-state index in [2.05, 4.69) is 64.6 Å². The van der Waals surface area contributed by atoms with Crippen molar-refractivity contribution in [3.63, 3.8) is 0 Å². The Morgan fingerprint density at radius 2 is 2.00 bits per heavy atom. The van der Waals surface area contributed by atoms with Gasteiger partial charge in [-0.25, -0.2) is 0 Å². The van der Waals surface area contributed by atoms with Crippen LogP contribution in [0, 0.1) is 0 Å². The fourth-order valence-corrected chi connectivity index (χ4v) is 3.47. The average Bonchev–Trinajstić information content (AvgIpc) is 2.79. The van der Waals surface area contributed by atoms with E-state index >= 15 is 0 Å². The zero-order valence-electron chi connectivity index (χ0n) is 12.9. The van der Waals surface area contributed by atoms with Crippen LogP contribution in [0.3, 0.4) is 0 Å². The molecule has 1 unspecified atom stereocenters. The molecule has 2 rings (SSSR count). The van der Waals surface area contributed by atoms with E-state index in [1.807, 2.05) is 11.7 Å². The first-order chi connectivity index (χ1) is 10.1. The van der Waals surface area contributed by atoms with E-state index in [-0.39, 0.29) is 6.04 Å². The van der Waals surface area contributed by atoms with Crippen LogP contribution in [0.4, 0.5) is 0 Å². The third-order valence-electron chi connectivity index (χ3n) is 3.91. The number of hydrogen-bond donors (Lipinski definition) is 2. The van der Waals surface area contributed by atoms with Crippen LogP contribution in [0.1, 0.15) is 42.4 Å². The second kappa shape index (κ2) is 7.20. The van der Waals surface area contributed by atoms with Crippen LogP contribution >= 0.6 is 15.9 Å². The summed E-state index contributed by atoms with van der Waals surface area (Å²) in [5, 5.41) is 4.55. The van der Waals surface area contributed by atoms with Gasteiger partial charge in [0.25, 0.3) is 0 Å². The maximum absolute atomic E-state index is 5.82. The number of hydrogen-bond acceptors (Lipinski definition) is 3. The van der Waals surface area contributed by atoms with Crippen molar-refractivity contribution in [1.82, 2.24) is 15.2 Å². The quantitative estimate of drug-likeness (QED) is 0.621. The van der Waals surface area contributed by atoms with E-state index in [9.17, 15) is 0 Å². The molecule has 0 saturated heterocycles. The number of halogens is 1. The third kappa shape index (κ3) is 3.36. The minimum Gasteiger partial charge on any atom is -0.271 e. The van der Waals surface area contributed by atoms with Gasteiger partial charge < -0.3 is 0 Å². The van der Waals surface area contributed by atoms with Gasteiger partial charge in [0.15, 0.2) is 0 Å². The number of benzene rings is 1. The predicted molar refractivity (Wildman–Crippen MR) is 89.9 cm³/mol. The first-order valence-corrected chi connectivity index (χ1v) is 8.15. The molecule has 1 aromatic carbocycles. The molecule has 0 radical (unpaired) electrons. The SMILES string of the molecule is CCc1ccccc1C(Cc1c(Br)c(CC)nn1C)NN. The maximum atomic E-state index is 5.82. The van der Waals surface area contributed by atoms with Crippen molar-refractivity contribution < 1.29 is 0 Å². The van der Waals surface area contributed by atoms with Gasteiger partial charge in [-0.05, 0) is 39.9 Å². The van der Waals surface area contributed by atoms with Gasteiger partial charge in [0, 0.05) is 13.5 Å². The van der Waals surface area contributed by atoms with Crippen molar-refractivity contribution in [3.8, 4) is 0 Å². The van der Waals surface area contributed by atoms with Crippen molar-refractivity contribution in [2.75, 3.05) is 0 Å². The standard InChI is InChI=1S/C16H23BrN4/c1-4-11-8-6-7-9-12(11)14(19-18)10-15-16(17)13(5-2)20-21(15)3/h6-9,14,19H,4-5,10,18H2,1-3H3. The van der Waals surface area contributed by atoms with E-state index < -0.39 is 0 Å². The van der Waals surface area contributed by atoms with Crippen LogP contribution in [-0.2, 0) is 26.3 Å². The average molecular weight is 351 g/mol. The lowest BCUT2D eigenvalue weighted by Gasteiger charge is -2.19. The molecule has 0 bridgehead atoms. The van der Waals surface area contributed by atoms with Crippen LogP contribution in [0.15, 0.2) is 28.7 Å². The van der Waals surface area contributed by atoms with Crippen molar-refractivity contribution >= 4 is 15.9 Å². The van der Waals surface area contributed by atoms with Gasteiger partial charge in [-0.3, -0.25) is 16.0 Å². The highest BCUT2D eigenvalue weighted by atomic mass is 79.9. The van der Waals surface area contributed by atoms with Gasteiger partial charge in [-0.15, -0.1) is 0 Å². The molecule has 3 N–H and O–H groups in total. The lowest BCUT2D eigenvalue weighted by molar-refractivity contribution is 0.525. The van der Waals surface area contributed by atoms with Crippen molar-refractivity contribution in [1.29, 1.82) is 0 Å². The Balaban J connectivity index is 2.34. The van der Waals surface area contributed by atoms with Gasteiger partial charge in [0.2, 0.25) is 0 Å². The molecule has 5 heteroatoms. The van der Waals surface area contributed by atoms with Crippen LogP contribution in [-0.4, -0.2) is 9.78 Å². The van der Waals surface area contributed by atoms with Gasteiger partial charge >= 0.3 is 0 Å². The fraction of sp³-hybridized carbons (Fsp3) is 0.438. The molecule has 0 aliphatic carbocycles. The van der Waals surface area contributed by atoms with E-state index in [4.69, 9.17) is 5.84 Å². The molecule has 0 aliphatic heterocycles. The Kier molecular flexibility index (Phi) is 5.56. The molecule has 0 fully saturated rings. The summed E-state index contributed by atoms with van der Waals surface area (Å²) in [4.78, 5) is 0. The second-order valence-electron chi connectivity index (χ2n) is 5.16. The summed E-state index contributed by atoms with van der Waals surface area (Å²) in [5.41, 5.74) is 7.80. The Bertz CT molecular complexity index is 606. The number of nitrogens with zero attached hydrogens (tertiary/aromatic N) is 2. The topological polar surface area (TPSA) is 55.9 Å². The van der Waals surface area contributed by atoms with Gasteiger partial charge in [0.05, 0.1) is 21.9 Å². The molecule has 21 heavy (non-hydrogen) atoms. The molecular weight excluding hydrogens is 328 g/mol. The Labute approximate surface area is 134 Å². The molecule has 1 heterocycles. The summed E-state index contributed by atoms with van der Waals surface area (Å²) < 4.78 is 3.05. The van der Waals surface area contributed by atoms with E-state index in [0.29, 0.717) is 0 Å². The lowest BCUT2D eigenvalue weighted by atomic mass is 9.95. The number of rotatable bonds is 6. The summed E-state index contributed by atoms with van der Waals surface area (Å²) in [6, 6.07) is 8.53. The van der Waals surface area contributed by atoms with Gasteiger partial charge in [-0.2, -0.15) is 5.10 Å². The summed E-state index contributed by atoms with van der Waals surface area (Å²) in [6.45, 7) is 4.28. The Hall–Kier alpha value is -1.17. The summed E-state index contributed by atoms with van der Waals surface area (Å²) in [6.07, 6.45) is 2.72. The smallest absolute Gasteiger partial charge is 0.0766 e. The van der Waals surface area contributed by atoms with Crippen molar-refractivity contribution in [2.24, 2.45) is 12.9 Å². The molecule has 0 aliphatic rings. The summed E-state index contributed by atoms with van der Waals surface area (Å²) in [7, 11) is 1.98. The molecule has 0 amide bonds. The third-order valence-corrected chi connectivity index (χ3v) is 4.83. The molecule has 1 aromatic heterocycles. The Morgan fingerprint density at radius 3 is 2.57 bits per heavy atom. The minimum atomic E-state index is 0.0811. The monoisotopic (exact) mass is 350 g/mol. The molecular formula is C16H23BrN4. The summed E-state index contributed by atoms with van der Waals surface area (Å²) in [5.74, 6) is 5.82. The minimum absolute atomic E-state index is 0.0811. The van der Waals surface area contributed by atoms with E-state index in [0.717, 1.165) is 29.4 Å². The predicted octanol–water partition coefficient (Wildman–Crippen LogP) is 3.05. The molecule has 0 spiro atoms. The number of nitrogens with two attached hydrogens (primary N) is 1. The summed E-state index contributed by atoms with van der Waals surface area (Å²) >= 11 is 3.68. The highest BCUT2D eigenvalue weighted by molar-refractivity contribution is 9.10. The largest absolute Gasteiger partial charge is 0.271 e. The van der Waals surface area contributed by atoms with E-state index in [1.54, 1.807) is 0 Å². The Morgan fingerprint density at radius 1 is 1.29 bits per heavy atom. The van der Waals surface area contributed by atoms with Gasteiger partial charge in [-0.1, -0.05) is 38.1 Å². The first-order valence-electron chi connectivity index (χ1n) is 7.36. The van der Waals surface area contributed by atoms with Crippen LogP contribution in [0.2, 0.25) is 0 Å². The van der Waals surface area contributed by atoms with Crippen LogP contribution in [0.5, 0.6) is 0 Å². The molecule has 1 atom stereocenters. The molecule has 0 saturated carbocycles. The molecule has 114 valence electrons. The van der Waals surface area contributed by atoms with E-state index in [1.165, 1.54) is 16.8 Å². The van der Waals surface area contributed by atoms with Crippen molar-refractivity contribution in [2.45, 2.75) is 39.2 Å². The van der Waals surface area contributed by atoms with Crippen molar-refractivity contribution in [3.05, 3.63) is 51.3 Å². The highest BCUT2D eigenvalue weighted by Gasteiger charge is 2.19. The van der Waals surface area contributed by atoms with Crippen LogP contribution < -0.4 is 11.3 Å². The maximum Gasteiger partial charge on any atom is 0.0766 e. The number of aryl methyl sites for hydroxylation is 3. The molecule has 2 aromatic rings. The molecule has 4 nitrogen and oxygen atoms in total. The highest BCUT2D eigenvalue weighted by Crippen LogP contribution is 2.28.